The Kier molecular flexibility index (Phi) is 9.45. The molecule has 1 N–H and O–H groups in total. The van der Waals surface area contributed by atoms with Crippen molar-refractivity contribution in [2.45, 2.75) is 52.1 Å². The van der Waals surface area contributed by atoms with Crippen LogP contribution in [-0.4, -0.2) is 72.2 Å². The van der Waals surface area contributed by atoms with E-state index < -0.39 is 5.41 Å². The molecule has 2 aliphatic heterocycles. The Morgan fingerprint density at radius 3 is 2.26 bits per heavy atom. The van der Waals surface area contributed by atoms with Crippen LogP contribution in [0.15, 0.2) is 36.4 Å². The first kappa shape index (κ1) is 28.5. The molecule has 0 aliphatic carbocycles. The van der Waals surface area contributed by atoms with E-state index in [2.05, 4.69) is 0 Å². The molecule has 7 nitrogen and oxygen atoms in total. The summed E-state index contributed by atoms with van der Waals surface area (Å²) in [5.41, 5.74) is 1.32. The average Bonchev–Trinajstić information content (AvgIpc) is 2.90. The lowest BCUT2D eigenvalue weighted by Gasteiger charge is -2.43. The van der Waals surface area contributed by atoms with Crippen LogP contribution in [0.4, 0.5) is 0 Å². The Morgan fingerprint density at radius 2 is 1.61 bits per heavy atom. The molecule has 2 aromatic carbocycles. The number of aliphatic hydroxyl groups excluding tert-OH is 1. The van der Waals surface area contributed by atoms with Gasteiger partial charge in [0.1, 0.15) is 11.5 Å². The van der Waals surface area contributed by atoms with Crippen molar-refractivity contribution in [1.29, 1.82) is 0 Å². The van der Waals surface area contributed by atoms with Gasteiger partial charge in [-0.25, -0.2) is 0 Å². The van der Waals surface area contributed by atoms with Crippen LogP contribution in [0.2, 0.25) is 10.0 Å². The minimum absolute atomic E-state index is 0.0377. The molecular weight excluding hydrogens is 527 g/mol. The highest BCUT2D eigenvalue weighted by molar-refractivity contribution is 6.32. The van der Waals surface area contributed by atoms with Crippen LogP contribution in [0.3, 0.4) is 0 Å². The number of piperidine rings is 2. The van der Waals surface area contributed by atoms with E-state index in [-0.39, 0.29) is 30.9 Å². The van der Waals surface area contributed by atoms with Crippen LogP contribution in [0.5, 0.6) is 11.5 Å². The number of aliphatic hydroxyl groups is 1. The van der Waals surface area contributed by atoms with Crippen molar-refractivity contribution in [2.24, 2.45) is 5.41 Å². The lowest BCUT2D eigenvalue weighted by Crippen LogP contribution is -2.52. The quantitative estimate of drug-likeness (QED) is 0.487. The largest absolute Gasteiger partial charge is 0.493 e. The summed E-state index contributed by atoms with van der Waals surface area (Å²) in [6, 6.07) is 10.7. The number of hydrogen-bond acceptors (Lipinski definition) is 5. The average molecular weight is 564 g/mol. The first-order chi connectivity index (χ1) is 18.1. The van der Waals surface area contributed by atoms with Gasteiger partial charge in [-0.2, -0.15) is 0 Å². The van der Waals surface area contributed by atoms with Crippen molar-refractivity contribution in [1.82, 2.24) is 9.80 Å². The van der Waals surface area contributed by atoms with Crippen molar-refractivity contribution in [3.8, 4) is 11.5 Å². The Hall–Kier alpha value is -2.48. The SMILES string of the molecule is Cc1cc(OC[C@]2(CC(=O)N3CCC(O)CC3)CCCN(C(=O)COc3ccc(Cl)cc3)C2)cc(C)c1Cl. The number of ether oxygens (including phenoxy) is 2. The van der Waals surface area contributed by atoms with Gasteiger partial charge >= 0.3 is 0 Å². The minimum Gasteiger partial charge on any atom is -0.493 e. The predicted molar refractivity (Wildman–Crippen MR) is 148 cm³/mol. The molecule has 9 heteroatoms. The Bertz CT molecular complexity index is 1110. The molecule has 0 bridgehead atoms. The van der Waals surface area contributed by atoms with Gasteiger partial charge in [-0.3, -0.25) is 9.59 Å². The fourth-order valence-corrected chi connectivity index (χ4v) is 5.51. The maximum absolute atomic E-state index is 13.4. The predicted octanol–water partition coefficient (Wildman–Crippen LogP) is 5.05. The molecule has 2 aliphatic rings. The molecule has 0 radical (unpaired) electrons. The van der Waals surface area contributed by atoms with Crippen LogP contribution < -0.4 is 9.47 Å². The number of aryl methyl sites for hydroxylation is 2. The van der Waals surface area contributed by atoms with Crippen molar-refractivity contribution < 1.29 is 24.2 Å². The van der Waals surface area contributed by atoms with Gasteiger partial charge in [0.15, 0.2) is 6.61 Å². The summed E-state index contributed by atoms with van der Waals surface area (Å²) in [6.45, 7) is 6.19. The zero-order valence-corrected chi connectivity index (χ0v) is 23.6. The molecule has 4 rings (SSSR count). The summed E-state index contributed by atoms with van der Waals surface area (Å²) >= 11 is 12.3. The van der Waals surface area contributed by atoms with Gasteiger partial charge in [0.25, 0.3) is 5.91 Å². The number of rotatable bonds is 8. The molecule has 2 amide bonds. The molecule has 2 fully saturated rings. The van der Waals surface area contributed by atoms with Crippen LogP contribution in [0.25, 0.3) is 0 Å². The molecule has 2 saturated heterocycles. The zero-order valence-electron chi connectivity index (χ0n) is 22.1. The van der Waals surface area contributed by atoms with Gasteiger partial charge in [0.05, 0.1) is 12.7 Å². The number of halogens is 2. The summed E-state index contributed by atoms with van der Waals surface area (Å²) < 4.78 is 12.0. The fraction of sp³-hybridized carbons (Fsp3) is 0.517. The van der Waals surface area contributed by atoms with Crippen molar-refractivity contribution in [2.75, 3.05) is 39.4 Å². The number of nitrogens with zero attached hydrogens (tertiary/aromatic N) is 2. The molecule has 0 spiro atoms. The molecule has 0 aromatic heterocycles. The highest BCUT2D eigenvalue weighted by atomic mass is 35.5. The van der Waals surface area contributed by atoms with E-state index in [1.165, 1.54) is 0 Å². The topological polar surface area (TPSA) is 79.3 Å². The van der Waals surface area contributed by atoms with Gasteiger partial charge in [-0.05, 0) is 87.1 Å². The van der Waals surface area contributed by atoms with Crippen LogP contribution >= 0.6 is 23.2 Å². The van der Waals surface area contributed by atoms with E-state index in [1.807, 2.05) is 30.9 Å². The number of benzene rings is 2. The van der Waals surface area contributed by atoms with E-state index in [9.17, 15) is 14.7 Å². The van der Waals surface area contributed by atoms with E-state index in [1.54, 1.807) is 29.2 Å². The minimum atomic E-state index is -0.539. The molecule has 38 heavy (non-hydrogen) atoms. The number of carbonyl (C=O) groups excluding carboxylic acids is 2. The molecular formula is C29H36Cl2N2O5. The standard InChI is InChI=1S/C29H36Cl2N2O5/c1-20-14-25(15-21(2)28(20)31)38-19-29(16-26(35)32-12-8-23(34)9-13-32)10-3-11-33(18-29)27(36)17-37-24-6-4-22(30)5-7-24/h4-7,14-15,23,34H,3,8-13,16-19H2,1-2H3/t29-/m0/s1. The van der Waals surface area contributed by atoms with Crippen LogP contribution in [0, 0.1) is 19.3 Å². The van der Waals surface area contributed by atoms with Gasteiger partial charge < -0.3 is 24.4 Å². The third-order valence-electron chi connectivity index (χ3n) is 7.49. The van der Waals surface area contributed by atoms with Crippen molar-refractivity contribution in [3.05, 3.63) is 57.6 Å². The second-order valence-corrected chi connectivity index (χ2v) is 11.4. The summed E-state index contributed by atoms with van der Waals surface area (Å²) in [5.74, 6) is 1.18. The zero-order chi connectivity index (χ0) is 27.3. The molecule has 2 aromatic rings. The lowest BCUT2D eigenvalue weighted by atomic mass is 9.77. The van der Waals surface area contributed by atoms with E-state index >= 15 is 0 Å². The van der Waals surface area contributed by atoms with Gasteiger partial charge in [-0.15, -0.1) is 0 Å². The van der Waals surface area contributed by atoms with Gasteiger partial charge in [0.2, 0.25) is 5.91 Å². The second-order valence-electron chi connectivity index (χ2n) is 10.6. The Morgan fingerprint density at radius 1 is 0.947 bits per heavy atom. The van der Waals surface area contributed by atoms with Gasteiger partial charge in [-0.1, -0.05) is 23.2 Å². The maximum atomic E-state index is 13.4. The van der Waals surface area contributed by atoms with Crippen molar-refractivity contribution >= 4 is 35.0 Å². The lowest BCUT2D eigenvalue weighted by molar-refractivity contribution is -0.143. The summed E-state index contributed by atoms with van der Waals surface area (Å²) in [6.07, 6.45) is 2.63. The van der Waals surface area contributed by atoms with Crippen molar-refractivity contribution in [3.63, 3.8) is 0 Å². The number of hydrogen-bond donors (Lipinski definition) is 1. The third-order valence-corrected chi connectivity index (χ3v) is 8.34. The first-order valence-electron chi connectivity index (χ1n) is 13.2. The summed E-state index contributed by atoms with van der Waals surface area (Å²) in [7, 11) is 0. The Labute approximate surface area is 234 Å². The highest BCUT2D eigenvalue weighted by Gasteiger charge is 2.41. The van der Waals surface area contributed by atoms with Crippen LogP contribution in [0.1, 0.15) is 43.2 Å². The number of carbonyl (C=O) groups is 2. The van der Waals surface area contributed by atoms with E-state index in [0.717, 1.165) is 24.0 Å². The fourth-order valence-electron chi connectivity index (χ4n) is 5.27. The maximum Gasteiger partial charge on any atom is 0.260 e. The smallest absolute Gasteiger partial charge is 0.260 e. The summed E-state index contributed by atoms with van der Waals surface area (Å²) in [4.78, 5) is 30.2. The second kappa shape index (κ2) is 12.6. The monoisotopic (exact) mass is 562 g/mol. The molecule has 2 heterocycles. The van der Waals surface area contributed by atoms with Crippen LogP contribution in [-0.2, 0) is 9.59 Å². The first-order valence-corrected chi connectivity index (χ1v) is 13.9. The number of likely N-dealkylation sites (tertiary alicyclic amines) is 2. The highest BCUT2D eigenvalue weighted by Crippen LogP contribution is 2.36. The number of amides is 2. The third kappa shape index (κ3) is 7.33. The van der Waals surface area contributed by atoms with E-state index in [0.29, 0.717) is 67.2 Å². The van der Waals surface area contributed by atoms with E-state index in [4.69, 9.17) is 32.7 Å². The molecule has 0 unspecified atom stereocenters. The van der Waals surface area contributed by atoms with Gasteiger partial charge in [0, 0.05) is 48.1 Å². The molecule has 206 valence electrons. The normalized spacial score (nSPS) is 20.3. The summed E-state index contributed by atoms with van der Waals surface area (Å²) in [5, 5.41) is 11.2. The Balaban J connectivity index is 1.47. The molecule has 1 atom stereocenters. The molecule has 0 saturated carbocycles.